The molecule has 4 rings (SSSR count). The average molecular weight is 274 g/mol. The molecule has 0 aromatic heterocycles. The van der Waals surface area contributed by atoms with Gasteiger partial charge in [-0.1, -0.05) is 69.2 Å². The zero-order valence-electron chi connectivity index (χ0n) is 15.4. The Morgan fingerprint density at radius 3 is 1.65 bits per heavy atom. The van der Waals surface area contributed by atoms with Crippen LogP contribution in [0.4, 0.5) is 0 Å². The molecule has 4 aliphatic carbocycles. The van der Waals surface area contributed by atoms with Crippen molar-refractivity contribution < 1.29 is 0 Å². The third-order valence-electron chi connectivity index (χ3n) is 11.3. The fourth-order valence-electron chi connectivity index (χ4n) is 10.9. The molecule has 6 unspecified atom stereocenters. The SMILES string of the molecule is CC1C(C)(C)C2(C)C13CC1(C)C(C3(C)C)C(C)(C)C12C. The number of fused-ring (bicyclic) bond motifs is 1. The van der Waals surface area contributed by atoms with Gasteiger partial charge in [0.15, 0.2) is 0 Å². The van der Waals surface area contributed by atoms with Gasteiger partial charge in [0, 0.05) is 0 Å². The first kappa shape index (κ1) is 13.6. The summed E-state index contributed by atoms with van der Waals surface area (Å²) in [5.41, 5.74) is 3.58. The Hall–Kier alpha value is 0. The highest BCUT2D eigenvalue weighted by Crippen LogP contribution is 3.05. The van der Waals surface area contributed by atoms with Gasteiger partial charge in [0.1, 0.15) is 0 Å². The standard InChI is InChI=1S/C20H34/c1-12-14(2,3)19(10)18(9)15(4,5)13-16(6,7)20(12,19)11-17(13,18)8/h12-13H,11H2,1-10H3. The molecule has 4 aliphatic rings. The van der Waals surface area contributed by atoms with E-state index in [4.69, 9.17) is 0 Å². The van der Waals surface area contributed by atoms with Crippen molar-refractivity contribution in [2.24, 2.45) is 49.7 Å². The summed E-state index contributed by atoms with van der Waals surface area (Å²) < 4.78 is 0. The highest BCUT2D eigenvalue weighted by Gasteiger charge is 3.01. The molecule has 0 nitrogen and oxygen atoms in total. The fourth-order valence-corrected chi connectivity index (χ4v) is 10.9. The second-order valence-corrected chi connectivity index (χ2v) is 11.1. The summed E-state index contributed by atoms with van der Waals surface area (Å²) in [6.07, 6.45) is 1.48. The van der Waals surface area contributed by atoms with Crippen LogP contribution in [0.3, 0.4) is 0 Å². The van der Waals surface area contributed by atoms with E-state index < -0.39 is 0 Å². The van der Waals surface area contributed by atoms with Crippen LogP contribution in [0.5, 0.6) is 0 Å². The Kier molecular flexibility index (Phi) is 1.75. The fraction of sp³-hybridized carbons (Fsp3) is 1.00. The summed E-state index contributed by atoms with van der Waals surface area (Å²) in [5.74, 6) is 1.76. The molecular weight excluding hydrogens is 240 g/mol. The van der Waals surface area contributed by atoms with Gasteiger partial charge in [0.05, 0.1) is 0 Å². The summed E-state index contributed by atoms with van der Waals surface area (Å²) in [6.45, 7) is 26.1. The van der Waals surface area contributed by atoms with Crippen LogP contribution in [0.15, 0.2) is 0 Å². The van der Waals surface area contributed by atoms with E-state index in [1.54, 1.807) is 0 Å². The second kappa shape index (κ2) is 2.56. The van der Waals surface area contributed by atoms with Crippen molar-refractivity contribution >= 4 is 0 Å². The Labute approximate surface area is 126 Å². The first-order valence-corrected chi connectivity index (χ1v) is 8.73. The van der Waals surface area contributed by atoms with Crippen molar-refractivity contribution in [1.82, 2.24) is 0 Å². The van der Waals surface area contributed by atoms with E-state index in [-0.39, 0.29) is 0 Å². The maximum Gasteiger partial charge on any atom is -0.0142 e. The van der Waals surface area contributed by atoms with Crippen molar-refractivity contribution in [3.63, 3.8) is 0 Å². The van der Waals surface area contributed by atoms with Crippen LogP contribution in [0.1, 0.15) is 75.7 Å². The molecule has 0 heterocycles. The van der Waals surface area contributed by atoms with Gasteiger partial charge in [-0.25, -0.2) is 0 Å². The Balaban J connectivity index is 2.10. The van der Waals surface area contributed by atoms with E-state index in [2.05, 4.69) is 69.2 Å². The van der Waals surface area contributed by atoms with Crippen molar-refractivity contribution in [3.8, 4) is 0 Å². The van der Waals surface area contributed by atoms with Gasteiger partial charge in [-0.2, -0.15) is 0 Å². The zero-order valence-corrected chi connectivity index (χ0v) is 15.4. The smallest absolute Gasteiger partial charge is 0.0142 e. The van der Waals surface area contributed by atoms with Crippen LogP contribution < -0.4 is 0 Å². The van der Waals surface area contributed by atoms with E-state index in [0.29, 0.717) is 37.9 Å². The molecule has 0 aromatic carbocycles. The van der Waals surface area contributed by atoms with Crippen LogP contribution in [0.25, 0.3) is 0 Å². The summed E-state index contributed by atoms with van der Waals surface area (Å²) in [5, 5.41) is 0. The summed E-state index contributed by atoms with van der Waals surface area (Å²) in [6, 6.07) is 0. The lowest BCUT2D eigenvalue weighted by Gasteiger charge is -2.90. The third-order valence-corrected chi connectivity index (χ3v) is 11.3. The summed E-state index contributed by atoms with van der Waals surface area (Å²) in [7, 11) is 0. The summed E-state index contributed by atoms with van der Waals surface area (Å²) in [4.78, 5) is 0. The minimum Gasteiger partial charge on any atom is -0.0614 e. The van der Waals surface area contributed by atoms with Crippen LogP contribution >= 0.6 is 0 Å². The predicted octanol–water partition coefficient (Wildman–Crippen LogP) is 5.77. The van der Waals surface area contributed by atoms with Crippen molar-refractivity contribution in [2.45, 2.75) is 75.7 Å². The molecule has 0 radical (unpaired) electrons. The van der Waals surface area contributed by atoms with Gasteiger partial charge < -0.3 is 0 Å². The largest absolute Gasteiger partial charge is 0.0614 e. The van der Waals surface area contributed by atoms with Crippen LogP contribution in [-0.4, -0.2) is 0 Å². The highest BCUT2D eigenvalue weighted by atomic mass is 15.0. The Morgan fingerprint density at radius 1 is 0.650 bits per heavy atom. The van der Waals surface area contributed by atoms with Gasteiger partial charge >= 0.3 is 0 Å². The van der Waals surface area contributed by atoms with Gasteiger partial charge in [0.2, 0.25) is 0 Å². The number of hydrogen-bond donors (Lipinski definition) is 0. The second-order valence-electron chi connectivity index (χ2n) is 11.1. The molecule has 4 fully saturated rings. The van der Waals surface area contributed by atoms with Crippen LogP contribution in [0, 0.1) is 49.7 Å². The first-order valence-electron chi connectivity index (χ1n) is 8.73. The van der Waals surface area contributed by atoms with E-state index in [0.717, 1.165) is 11.8 Å². The predicted molar refractivity (Wildman–Crippen MR) is 85.4 cm³/mol. The molecule has 0 N–H and O–H groups in total. The molecule has 0 amide bonds. The average Bonchev–Trinajstić information content (AvgIpc) is 2.57. The molecule has 6 atom stereocenters. The summed E-state index contributed by atoms with van der Waals surface area (Å²) >= 11 is 0. The molecule has 2 bridgehead atoms. The van der Waals surface area contributed by atoms with Crippen molar-refractivity contribution in [2.75, 3.05) is 0 Å². The van der Waals surface area contributed by atoms with Crippen LogP contribution in [-0.2, 0) is 0 Å². The molecule has 1 spiro atoms. The van der Waals surface area contributed by atoms with E-state index in [1.807, 2.05) is 0 Å². The zero-order chi connectivity index (χ0) is 15.4. The normalized spacial score (nSPS) is 66.3. The van der Waals surface area contributed by atoms with Crippen molar-refractivity contribution in [3.05, 3.63) is 0 Å². The first-order chi connectivity index (χ1) is 8.73. The molecular formula is C20H34. The quantitative estimate of drug-likeness (QED) is 0.526. The van der Waals surface area contributed by atoms with Gasteiger partial charge in [-0.3, -0.25) is 0 Å². The molecule has 0 saturated heterocycles. The maximum atomic E-state index is 2.68. The van der Waals surface area contributed by atoms with Gasteiger partial charge in [-0.15, -0.1) is 0 Å². The molecule has 0 aliphatic heterocycles. The molecule has 20 heavy (non-hydrogen) atoms. The maximum absolute atomic E-state index is 2.68. The van der Waals surface area contributed by atoms with E-state index in [1.165, 1.54) is 6.42 Å². The molecule has 4 saturated carbocycles. The minimum absolute atomic E-state index is 0.472. The molecule has 0 heteroatoms. The van der Waals surface area contributed by atoms with Crippen LogP contribution in [0.2, 0.25) is 0 Å². The van der Waals surface area contributed by atoms with E-state index in [9.17, 15) is 0 Å². The number of rotatable bonds is 0. The monoisotopic (exact) mass is 274 g/mol. The highest BCUT2D eigenvalue weighted by molar-refractivity contribution is 5.47. The minimum atomic E-state index is 0.472. The Bertz CT molecular complexity index is 533. The van der Waals surface area contributed by atoms with Crippen molar-refractivity contribution in [1.29, 1.82) is 0 Å². The lowest BCUT2D eigenvalue weighted by molar-refractivity contribution is -0.439. The molecule has 0 aromatic rings. The van der Waals surface area contributed by atoms with Gasteiger partial charge in [-0.05, 0) is 56.2 Å². The topological polar surface area (TPSA) is 0 Å². The molecule has 114 valence electrons. The number of hydrogen-bond acceptors (Lipinski definition) is 0. The lowest BCUT2D eigenvalue weighted by Crippen LogP contribution is -2.86. The third kappa shape index (κ3) is 0.642. The Morgan fingerprint density at radius 2 is 1.15 bits per heavy atom. The van der Waals surface area contributed by atoms with E-state index >= 15 is 0 Å². The lowest BCUT2D eigenvalue weighted by atomic mass is 9.13. The van der Waals surface area contributed by atoms with Gasteiger partial charge in [0.25, 0.3) is 0 Å².